The summed E-state index contributed by atoms with van der Waals surface area (Å²) < 4.78 is 30.9. The van der Waals surface area contributed by atoms with Crippen molar-refractivity contribution in [1.29, 1.82) is 0 Å². The van der Waals surface area contributed by atoms with Crippen LogP contribution in [0.15, 0.2) is 30.3 Å². The predicted octanol–water partition coefficient (Wildman–Crippen LogP) is 0.986. The van der Waals surface area contributed by atoms with Crippen LogP contribution in [0, 0.1) is 0 Å². The normalized spacial score (nSPS) is 13.1. The summed E-state index contributed by atoms with van der Waals surface area (Å²) in [5.41, 5.74) is 0.612. The molecule has 0 aromatic heterocycles. The molecule has 2 N–H and O–H groups in total. The van der Waals surface area contributed by atoms with Gasteiger partial charge in [0.25, 0.3) is 0 Å². The number of nitrogens with one attached hydrogen (secondary N) is 1. The van der Waals surface area contributed by atoms with E-state index in [2.05, 4.69) is 4.72 Å². The summed E-state index contributed by atoms with van der Waals surface area (Å²) in [6.45, 7) is 0.393. The first-order chi connectivity index (χ1) is 9.44. The molecule has 0 aliphatic carbocycles. The van der Waals surface area contributed by atoms with Crippen molar-refractivity contribution in [1.82, 2.24) is 4.72 Å². The molecule has 0 heterocycles. The Balaban J connectivity index is 2.64. The smallest absolute Gasteiger partial charge is 0.321 e. The van der Waals surface area contributed by atoms with E-state index in [1.165, 1.54) is 7.11 Å². The minimum atomic E-state index is -3.69. The third kappa shape index (κ3) is 6.14. The zero-order chi connectivity index (χ0) is 15.0. The Bertz CT molecular complexity index is 515. The van der Waals surface area contributed by atoms with Crippen molar-refractivity contribution < 1.29 is 23.1 Å². The molecule has 0 amide bonds. The average Bonchev–Trinajstić information content (AvgIpc) is 2.38. The number of carboxylic acids is 1. The summed E-state index contributed by atoms with van der Waals surface area (Å²) in [6, 6.07) is 7.49. The van der Waals surface area contributed by atoms with Crippen LogP contribution < -0.4 is 4.72 Å². The van der Waals surface area contributed by atoms with Gasteiger partial charge >= 0.3 is 5.97 Å². The summed E-state index contributed by atoms with van der Waals surface area (Å²) in [5, 5.41) is 9.03. The summed E-state index contributed by atoms with van der Waals surface area (Å²) >= 11 is 0. The molecule has 0 aliphatic heterocycles. The van der Waals surface area contributed by atoms with Gasteiger partial charge in [0.1, 0.15) is 6.04 Å². The van der Waals surface area contributed by atoms with Crippen LogP contribution in [0.4, 0.5) is 0 Å². The van der Waals surface area contributed by atoms with Crippen molar-refractivity contribution in [2.45, 2.75) is 24.6 Å². The van der Waals surface area contributed by atoms with E-state index in [-0.39, 0.29) is 12.2 Å². The molecule has 0 saturated heterocycles. The van der Waals surface area contributed by atoms with Crippen LogP contribution in [-0.2, 0) is 25.3 Å². The van der Waals surface area contributed by atoms with Crippen LogP contribution >= 0.6 is 0 Å². The number of benzene rings is 1. The molecule has 7 heteroatoms. The fourth-order valence-electron chi connectivity index (χ4n) is 1.72. The van der Waals surface area contributed by atoms with Gasteiger partial charge in [-0.2, -0.15) is 0 Å². The highest BCUT2D eigenvalue weighted by molar-refractivity contribution is 7.88. The van der Waals surface area contributed by atoms with Gasteiger partial charge in [-0.25, -0.2) is 13.1 Å². The number of carbonyl (C=O) groups is 1. The lowest BCUT2D eigenvalue weighted by Crippen LogP contribution is -2.41. The highest BCUT2D eigenvalue weighted by Crippen LogP contribution is 2.07. The highest BCUT2D eigenvalue weighted by atomic mass is 32.2. The molecule has 0 radical (unpaired) electrons. The van der Waals surface area contributed by atoms with Crippen molar-refractivity contribution in [2.24, 2.45) is 0 Å². The third-order valence-electron chi connectivity index (χ3n) is 2.66. The molecule has 6 nitrogen and oxygen atoms in total. The molecule has 1 aromatic carbocycles. The van der Waals surface area contributed by atoms with E-state index in [4.69, 9.17) is 9.84 Å². The highest BCUT2D eigenvalue weighted by Gasteiger charge is 2.23. The zero-order valence-electron chi connectivity index (χ0n) is 11.3. The first-order valence-electron chi connectivity index (χ1n) is 6.20. The van der Waals surface area contributed by atoms with E-state index < -0.39 is 22.0 Å². The van der Waals surface area contributed by atoms with E-state index in [1.54, 1.807) is 30.3 Å². The van der Waals surface area contributed by atoms with Crippen LogP contribution in [0.25, 0.3) is 0 Å². The molecule has 0 saturated carbocycles. The number of aliphatic carboxylic acids is 1. The van der Waals surface area contributed by atoms with Crippen LogP contribution in [0.2, 0.25) is 0 Å². The minimum absolute atomic E-state index is 0.192. The van der Waals surface area contributed by atoms with E-state index in [1.807, 2.05) is 0 Å². The number of rotatable bonds is 9. The Morgan fingerprint density at radius 1 is 1.35 bits per heavy atom. The molecule has 0 aliphatic rings. The maximum atomic E-state index is 11.9. The second-order valence-electron chi connectivity index (χ2n) is 4.39. The average molecular weight is 301 g/mol. The molecule has 0 fully saturated rings. The number of methoxy groups -OCH3 is 1. The molecule has 20 heavy (non-hydrogen) atoms. The van der Waals surface area contributed by atoms with Gasteiger partial charge in [-0.3, -0.25) is 4.79 Å². The summed E-state index contributed by atoms with van der Waals surface area (Å²) in [7, 11) is -2.18. The van der Waals surface area contributed by atoms with Crippen molar-refractivity contribution in [2.75, 3.05) is 13.7 Å². The summed E-state index contributed by atoms with van der Waals surface area (Å²) in [5.74, 6) is -1.42. The molecular weight excluding hydrogens is 282 g/mol. The molecule has 1 atom stereocenters. The van der Waals surface area contributed by atoms with E-state index in [0.29, 0.717) is 18.6 Å². The van der Waals surface area contributed by atoms with E-state index >= 15 is 0 Å². The fraction of sp³-hybridized carbons (Fsp3) is 0.462. The SMILES string of the molecule is COCCCC(NS(=O)(=O)Cc1ccccc1)C(=O)O. The number of hydrogen-bond acceptors (Lipinski definition) is 4. The lowest BCUT2D eigenvalue weighted by atomic mass is 10.2. The Labute approximate surface area is 118 Å². The van der Waals surface area contributed by atoms with Crippen LogP contribution in [0.1, 0.15) is 18.4 Å². The topological polar surface area (TPSA) is 92.7 Å². The standard InChI is InChI=1S/C13H19NO5S/c1-19-9-5-8-12(13(15)16)14-20(17,18)10-11-6-3-2-4-7-11/h2-4,6-7,12,14H,5,8-10H2,1H3,(H,15,16). The molecule has 0 bridgehead atoms. The van der Waals surface area contributed by atoms with Crippen LogP contribution in [-0.4, -0.2) is 39.3 Å². The Hall–Kier alpha value is -1.44. The second-order valence-corrected chi connectivity index (χ2v) is 6.14. The van der Waals surface area contributed by atoms with Gasteiger partial charge in [0.2, 0.25) is 10.0 Å². The van der Waals surface area contributed by atoms with Crippen molar-refractivity contribution in [3.8, 4) is 0 Å². The molecule has 1 aromatic rings. The van der Waals surface area contributed by atoms with Crippen LogP contribution in [0.3, 0.4) is 0 Å². The first-order valence-corrected chi connectivity index (χ1v) is 7.85. The van der Waals surface area contributed by atoms with Gasteiger partial charge < -0.3 is 9.84 Å². The van der Waals surface area contributed by atoms with Gasteiger partial charge in [0, 0.05) is 13.7 Å². The fourth-order valence-corrected chi connectivity index (χ4v) is 3.08. The molecule has 1 unspecified atom stereocenters. The minimum Gasteiger partial charge on any atom is -0.480 e. The number of ether oxygens (including phenoxy) is 1. The van der Waals surface area contributed by atoms with Crippen molar-refractivity contribution in [3.05, 3.63) is 35.9 Å². The van der Waals surface area contributed by atoms with Crippen molar-refractivity contribution in [3.63, 3.8) is 0 Å². The molecule has 112 valence electrons. The van der Waals surface area contributed by atoms with Gasteiger partial charge in [-0.1, -0.05) is 30.3 Å². The van der Waals surface area contributed by atoms with E-state index in [9.17, 15) is 13.2 Å². The Morgan fingerprint density at radius 2 is 2.00 bits per heavy atom. The van der Waals surface area contributed by atoms with Gasteiger partial charge in [-0.05, 0) is 18.4 Å². The largest absolute Gasteiger partial charge is 0.480 e. The lowest BCUT2D eigenvalue weighted by molar-refractivity contribution is -0.139. The molecular formula is C13H19NO5S. The van der Waals surface area contributed by atoms with Gasteiger partial charge in [0.05, 0.1) is 5.75 Å². The quantitative estimate of drug-likeness (QED) is 0.663. The predicted molar refractivity (Wildman–Crippen MR) is 74.7 cm³/mol. The van der Waals surface area contributed by atoms with E-state index in [0.717, 1.165) is 0 Å². The number of carboxylic acid groups (broad SMARTS) is 1. The molecule has 0 spiro atoms. The number of hydrogen-bond donors (Lipinski definition) is 2. The van der Waals surface area contributed by atoms with Gasteiger partial charge in [-0.15, -0.1) is 0 Å². The summed E-state index contributed by atoms with van der Waals surface area (Å²) in [6.07, 6.45) is 0.665. The maximum Gasteiger partial charge on any atom is 0.321 e. The first kappa shape index (κ1) is 16.6. The Morgan fingerprint density at radius 3 is 2.55 bits per heavy atom. The van der Waals surface area contributed by atoms with Crippen molar-refractivity contribution >= 4 is 16.0 Å². The zero-order valence-corrected chi connectivity index (χ0v) is 12.1. The maximum absolute atomic E-state index is 11.9. The van der Waals surface area contributed by atoms with Crippen LogP contribution in [0.5, 0.6) is 0 Å². The monoisotopic (exact) mass is 301 g/mol. The Kier molecular flexibility index (Phi) is 6.63. The number of sulfonamides is 1. The second kappa shape index (κ2) is 7.98. The third-order valence-corrected chi connectivity index (χ3v) is 4.02. The summed E-state index contributed by atoms with van der Waals surface area (Å²) in [4.78, 5) is 11.1. The van der Waals surface area contributed by atoms with Gasteiger partial charge in [0.15, 0.2) is 0 Å². The lowest BCUT2D eigenvalue weighted by Gasteiger charge is -2.14. The molecule has 1 rings (SSSR count).